The summed E-state index contributed by atoms with van der Waals surface area (Å²) < 4.78 is 11.3. The third kappa shape index (κ3) is 4.50. The molecule has 0 saturated heterocycles. The lowest BCUT2D eigenvalue weighted by atomic mass is 9.94. The van der Waals surface area contributed by atoms with Crippen molar-refractivity contribution in [3.8, 4) is 17.1 Å². The van der Waals surface area contributed by atoms with E-state index in [0.29, 0.717) is 40.3 Å². The SMILES string of the molecule is CCOc1ccc(N2C(=O)NC(c3ccccc3)C(c3nc(-c4cccc(Cl)c4)no3)=C2C)cc1. The highest BCUT2D eigenvalue weighted by molar-refractivity contribution is 6.30. The zero-order valence-electron chi connectivity index (χ0n) is 19.2. The molecule has 5 rings (SSSR count). The normalized spacial score (nSPS) is 15.8. The number of rotatable bonds is 6. The van der Waals surface area contributed by atoms with E-state index in [1.165, 1.54) is 0 Å². The van der Waals surface area contributed by atoms with Crippen LogP contribution in [0.1, 0.15) is 31.3 Å². The molecule has 0 spiro atoms. The average Bonchev–Trinajstić information content (AvgIpc) is 3.35. The molecule has 1 aromatic heterocycles. The summed E-state index contributed by atoms with van der Waals surface area (Å²) >= 11 is 6.15. The third-order valence-electron chi connectivity index (χ3n) is 5.76. The van der Waals surface area contributed by atoms with E-state index in [4.69, 9.17) is 20.9 Å². The largest absolute Gasteiger partial charge is 0.494 e. The van der Waals surface area contributed by atoms with Crippen LogP contribution >= 0.6 is 11.6 Å². The van der Waals surface area contributed by atoms with Gasteiger partial charge in [0.25, 0.3) is 5.89 Å². The van der Waals surface area contributed by atoms with Crippen molar-refractivity contribution in [1.82, 2.24) is 15.5 Å². The molecule has 8 heteroatoms. The number of benzene rings is 3. The van der Waals surface area contributed by atoms with Crippen molar-refractivity contribution in [2.24, 2.45) is 0 Å². The van der Waals surface area contributed by atoms with Crippen LogP contribution in [-0.4, -0.2) is 22.8 Å². The van der Waals surface area contributed by atoms with E-state index in [0.717, 1.165) is 16.9 Å². The predicted molar refractivity (Wildman–Crippen MR) is 135 cm³/mol. The summed E-state index contributed by atoms with van der Waals surface area (Å²) in [7, 11) is 0. The fraction of sp³-hybridized carbons (Fsp3) is 0.148. The van der Waals surface area contributed by atoms with Gasteiger partial charge in [-0.05, 0) is 55.8 Å². The summed E-state index contributed by atoms with van der Waals surface area (Å²) in [6, 6.07) is 23.6. The van der Waals surface area contributed by atoms with Crippen LogP contribution in [0.4, 0.5) is 10.5 Å². The number of hydrogen-bond donors (Lipinski definition) is 1. The topological polar surface area (TPSA) is 80.5 Å². The minimum absolute atomic E-state index is 0.251. The number of allylic oxidation sites excluding steroid dienone is 1. The highest BCUT2D eigenvalue weighted by atomic mass is 35.5. The smallest absolute Gasteiger partial charge is 0.326 e. The molecule has 1 aliphatic rings. The third-order valence-corrected chi connectivity index (χ3v) is 6.00. The minimum atomic E-state index is -0.463. The predicted octanol–water partition coefficient (Wildman–Crippen LogP) is 6.49. The molecule has 7 nitrogen and oxygen atoms in total. The molecule has 1 unspecified atom stereocenters. The first-order valence-electron chi connectivity index (χ1n) is 11.2. The number of aromatic nitrogens is 2. The lowest BCUT2D eigenvalue weighted by Crippen LogP contribution is -2.46. The van der Waals surface area contributed by atoms with Gasteiger partial charge in [-0.25, -0.2) is 4.79 Å². The Balaban J connectivity index is 1.61. The number of urea groups is 1. The standard InChI is InChI=1S/C27H23ClN4O3/c1-3-34-22-14-12-21(13-15-22)32-17(2)23(24(29-27(32)33)18-8-5-4-6-9-18)26-30-25(31-35-26)19-10-7-11-20(28)16-19/h4-16,24H,3H2,1-2H3,(H,29,33). The van der Waals surface area contributed by atoms with Gasteiger partial charge in [0, 0.05) is 16.3 Å². The summed E-state index contributed by atoms with van der Waals surface area (Å²) in [6.07, 6.45) is 0. The van der Waals surface area contributed by atoms with Gasteiger partial charge in [0.1, 0.15) is 5.75 Å². The summed E-state index contributed by atoms with van der Waals surface area (Å²) in [6.45, 7) is 4.37. The Hall–Kier alpha value is -4.10. The number of carbonyl (C=O) groups excluding carboxylic acids is 1. The molecule has 0 fully saturated rings. The summed E-state index contributed by atoms with van der Waals surface area (Å²) in [5.41, 5.74) is 3.75. The molecule has 1 atom stereocenters. The quantitative estimate of drug-likeness (QED) is 0.337. The molecule has 2 amide bonds. The monoisotopic (exact) mass is 486 g/mol. The van der Waals surface area contributed by atoms with Crippen molar-refractivity contribution in [2.45, 2.75) is 19.9 Å². The van der Waals surface area contributed by atoms with Crippen LogP contribution in [0, 0.1) is 0 Å². The van der Waals surface area contributed by atoms with Crippen LogP contribution in [0.25, 0.3) is 17.0 Å². The van der Waals surface area contributed by atoms with Crippen LogP contribution in [0.15, 0.2) is 89.1 Å². The number of anilines is 1. The van der Waals surface area contributed by atoms with E-state index in [9.17, 15) is 4.79 Å². The fourth-order valence-electron chi connectivity index (χ4n) is 4.16. The highest BCUT2D eigenvalue weighted by Crippen LogP contribution is 2.39. The number of nitrogens with zero attached hydrogens (tertiary/aromatic N) is 3. The van der Waals surface area contributed by atoms with Crippen LogP contribution in [0.5, 0.6) is 5.75 Å². The van der Waals surface area contributed by atoms with Gasteiger partial charge >= 0.3 is 6.03 Å². The Kier molecular flexibility index (Phi) is 6.25. The van der Waals surface area contributed by atoms with Crippen LogP contribution in [0.2, 0.25) is 5.02 Å². The maximum Gasteiger partial charge on any atom is 0.326 e. The van der Waals surface area contributed by atoms with E-state index < -0.39 is 6.04 Å². The number of nitrogens with one attached hydrogen (secondary N) is 1. The molecule has 176 valence electrons. The molecule has 1 aliphatic heterocycles. The van der Waals surface area contributed by atoms with E-state index in [1.807, 2.05) is 80.6 Å². The first-order valence-corrected chi connectivity index (χ1v) is 11.6. The first-order chi connectivity index (χ1) is 17.0. The van der Waals surface area contributed by atoms with Crippen molar-refractivity contribution in [3.05, 3.63) is 101 Å². The Morgan fingerprint density at radius 3 is 2.54 bits per heavy atom. The van der Waals surface area contributed by atoms with Crippen molar-refractivity contribution in [2.75, 3.05) is 11.5 Å². The van der Waals surface area contributed by atoms with Crippen molar-refractivity contribution in [1.29, 1.82) is 0 Å². The average molecular weight is 487 g/mol. The van der Waals surface area contributed by atoms with Crippen molar-refractivity contribution >= 4 is 28.9 Å². The Bertz CT molecular complexity index is 1380. The van der Waals surface area contributed by atoms with Gasteiger partial charge in [0.15, 0.2) is 0 Å². The molecular weight excluding hydrogens is 464 g/mol. The second kappa shape index (κ2) is 9.64. The molecule has 1 N–H and O–H groups in total. The van der Waals surface area contributed by atoms with Gasteiger partial charge in [-0.15, -0.1) is 0 Å². The zero-order chi connectivity index (χ0) is 24.4. The Labute approximate surface area is 208 Å². The molecular formula is C27H23ClN4O3. The van der Waals surface area contributed by atoms with E-state index in [1.54, 1.807) is 17.0 Å². The van der Waals surface area contributed by atoms with E-state index >= 15 is 0 Å². The number of hydrogen-bond acceptors (Lipinski definition) is 5. The molecule has 0 bridgehead atoms. The van der Waals surface area contributed by atoms with Gasteiger partial charge in [-0.2, -0.15) is 4.98 Å². The second-order valence-electron chi connectivity index (χ2n) is 7.99. The summed E-state index contributed by atoms with van der Waals surface area (Å²) in [5.74, 6) is 1.47. The first kappa shape index (κ1) is 22.7. The van der Waals surface area contributed by atoms with E-state index in [2.05, 4.69) is 15.5 Å². The molecule has 0 aliphatic carbocycles. The van der Waals surface area contributed by atoms with Crippen molar-refractivity contribution < 1.29 is 14.1 Å². The van der Waals surface area contributed by atoms with Gasteiger partial charge in [0.2, 0.25) is 5.82 Å². The molecule has 35 heavy (non-hydrogen) atoms. The number of amides is 2. The Morgan fingerprint density at radius 2 is 1.83 bits per heavy atom. The van der Waals surface area contributed by atoms with Gasteiger partial charge in [-0.1, -0.05) is 59.2 Å². The van der Waals surface area contributed by atoms with E-state index in [-0.39, 0.29) is 6.03 Å². The highest BCUT2D eigenvalue weighted by Gasteiger charge is 2.36. The number of carbonyl (C=O) groups is 1. The molecule has 2 heterocycles. The molecule has 3 aromatic carbocycles. The molecule has 0 saturated carbocycles. The van der Waals surface area contributed by atoms with Gasteiger partial charge < -0.3 is 14.6 Å². The number of ether oxygens (including phenoxy) is 1. The van der Waals surface area contributed by atoms with Gasteiger partial charge in [0.05, 0.1) is 23.9 Å². The maximum absolute atomic E-state index is 13.3. The molecule has 4 aromatic rings. The van der Waals surface area contributed by atoms with Crippen LogP contribution in [0.3, 0.4) is 0 Å². The second-order valence-corrected chi connectivity index (χ2v) is 8.42. The lowest BCUT2D eigenvalue weighted by molar-refractivity contribution is 0.244. The van der Waals surface area contributed by atoms with Crippen LogP contribution < -0.4 is 15.0 Å². The van der Waals surface area contributed by atoms with Crippen molar-refractivity contribution in [3.63, 3.8) is 0 Å². The molecule has 0 radical (unpaired) electrons. The zero-order valence-corrected chi connectivity index (χ0v) is 20.0. The maximum atomic E-state index is 13.3. The van der Waals surface area contributed by atoms with Crippen LogP contribution in [-0.2, 0) is 0 Å². The van der Waals surface area contributed by atoms with Gasteiger partial charge in [-0.3, -0.25) is 4.90 Å². The lowest BCUT2D eigenvalue weighted by Gasteiger charge is -2.35. The minimum Gasteiger partial charge on any atom is -0.494 e. The number of halogens is 1. The summed E-state index contributed by atoms with van der Waals surface area (Å²) in [4.78, 5) is 19.6. The Morgan fingerprint density at radius 1 is 1.06 bits per heavy atom. The summed E-state index contributed by atoms with van der Waals surface area (Å²) in [5, 5.41) is 7.88. The fourth-order valence-corrected chi connectivity index (χ4v) is 4.35.